The van der Waals surface area contributed by atoms with Crippen LogP contribution < -0.4 is 5.73 Å². The molecule has 0 saturated heterocycles. The molecule has 1 saturated carbocycles. The van der Waals surface area contributed by atoms with Crippen molar-refractivity contribution in [3.63, 3.8) is 0 Å². The molecule has 4 nitrogen and oxygen atoms in total. The van der Waals surface area contributed by atoms with Crippen molar-refractivity contribution in [2.24, 2.45) is 5.92 Å². The maximum atomic E-state index is 12.2. The first-order valence-electron chi connectivity index (χ1n) is 5.96. The van der Waals surface area contributed by atoms with Crippen molar-refractivity contribution >= 4 is 23.2 Å². The maximum Gasteiger partial charge on any atom is 0.255 e. The number of carbonyl (C=O) groups excluding carboxylic acids is 1. The van der Waals surface area contributed by atoms with Gasteiger partial charge in [-0.15, -0.1) is 0 Å². The van der Waals surface area contributed by atoms with Crippen molar-refractivity contribution in [3.05, 3.63) is 28.8 Å². The first-order valence-corrected chi connectivity index (χ1v) is 6.33. The van der Waals surface area contributed by atoms with Gasteiger partial charge in [0.25, 0.3) is 5.91 Å². The number of nitrogen functional groups attached to an aromatic ring is 1. The minimum absolute atomic E-state index is 0.106. The number of nitrogens with zero attached hydrogens (tertiary/aromatic N) is 1. The van der Waals surface area contributed by atoms with Crippen LogP contribution in [0.2, 0.25) is 5.02 Å². The van der Waals surface area contributed by atoms with Crippen LogP contribution in [0.15, 0.2) is 18.2 Å². The van der Waals surface area contributed by atoms with Gasteiger partial charge < -0.3 is 15.7 Å². The van der Waals surface area contributed by atoms with Gasteiger partial charge in [0.05, 0.1) is 11.7 Å². The van der Waals surface area contributed by atoms with E-state index in [0.29, 0.717) is 28.7 Å². The van der Waals surface area contributed by atoms with Crippen LogP contribution in [0.3, 0.4) is 0 Å². The molecule has 1 aliphatic carbocycles. The fourth-order valence-corrected chi connectivity index (χ4v) is 2.43. The number of benzene rings is 1. The lowest BCUT2D eigenvalue weighted by molar-refractivity contribution is 0.0265. The molecule has 0 radical (unpaired) electrons. The molecule has 1 aromatic carbocycles. The Bertz CT molecular complexity index is 458. The predicted octanol–water partition coefficient (Wildman–Crippen LogP) is 1.77. The maximum absolute atomic E-state index is 12.2. The SMILES string of the molecule is CN(CC1CC(O)C1)C(=O)c1ccc(Cl)cc1N. The molecule has 1 aromatic rings. The standard InChI is InChI=1S/C13H17ClN2O2/c1-16(7-8-4-10(17)5-8)13(18)11-3-2-9(14)6-12(11)15/h2-3,6,8,10,17H,4-5,7,15H2,1H3. The highest BCUT2D eigenvalue weighted by molar-refractivity contribution is 6.31. The Balaban J connectivity index is 2.01. The zero-order valence-corrected chi connectivity index (χ0v) is 11.0. The van der Waals surface area contributed by atoms with E-state index in [1.54, 1.807) is 30.1 Å². The third-order valence-electron chi connectivity index (χ3n) is 3.33. The Kier molecular flexibility index (Phi) is 3.78. The van der Waals surface area contributed by atoms with E-state index < -0.39 is 0 Å². The first-order chi connectivity index (χ1) is 8.47. The zero-order chi connectivity index (χ0) is 13.3. The first kappa shape index (κ1) is 13.2. The summed E-state index contributed by atoms with van der Waals surface area (Å²) in [5.41, 5.74) is 6.66. The van der Waals surface area contributed by atoms with Crippen molar-refractivity contribution < 1.29 is 9.90 Å². The molecule has 1 amide bonds. The average molecular weight is 269 g/mol. The fourth-order valence-electron chi connectivity index (χ4n) is 2.25. The van der Waals surface area contributed by atoms with E-state index in [0.717, 1.165) is 12.8 Å². The summed E-state index contributed by atoms with van der Waals surface area (Å²) < 4.78 is 0. The lowest BCUT2D eigenvalue weighted by Gasteiger charge is -2.34. The quantitative estimate of drug-likeness (QED) is 0.821. The number of hydrogen-bond donors (Lipinski definition) is 2. The second-order valence-electron chi connectivity index (χ2n) is 4.91. The Morgan fingerprint density at radius 1 is 1.56 bits per heavy atom. The van der Waals surface area contributed by atoms with Crippen molar-refractivity contribution in [2.45, 2.75) is 18.9 Å². The minimum atomic E-state index is -0.195. The number of anilines is 1. The number of aliphatic hydroxyl groups excluding tert-OH is 1. The number of hydrogen-bond acceptors (Lipinski definition) is 3. The Morgan fingerprint density at radius 2 is 2.22 bits per heavy atom. The molecule has 1 fully saturated rings. The van der Waals surface area contributed by atoms with Crippen molar-refractivity contribution in [3.8, 4) is 0 Å². The molecule has 18 heavy (non-hydrogen) atoms. The second kappa shape index (κ2) is 5.16. The normalized spacial score (nSPS) is 22.4. The summed E-state index contributed by atoms with van der Waals surface area (Å²) in [6.45, 7) is 0.651. The van der Waals surface area contributed by atoms with Gasteiger partial charge in [0, 0.05) is 24.3 Å². The molecule has 0 spiro atoms. The highest BCUT2D eigenvalue weighted by Crippen LogP contribution is 2.28. The van der Waals surface area contributed by atoms with Crippen LogP contribution in [0.4, 0.5) is 5.69 Å². The van der Waals surface area contributed by atoms with E-state index in [1.807, 2.05) is 0 Å². The summed E-state index contributed by atoms with van der Waals surface area (Å²) in [5.74, 6) is 0.285. The number of rotatable bonds is 3. The summed E-state index contributed by atoms with van der Waals surface area (Å²) in [4.78, 5) is 13.8. The largest absolute Gasteiger partial charge is 0.398 e. The van der Waals surface area contributed by atoms with Gasteiger partial charge in [-0.2, -0.15) is 0 Å². The van der Waals surface area contributed by atoms with Gasteiger partial charge in [-0.1, -0.05) is 11.6 Å². The van der Waals surface area contributed by atoms with Gasteiger partial charge in [-0.25, -0.2) is 0 Å². The van der Waals surface area contributed by atoms with E-state index in [4.69, 9.17) is 17.3 Å². The monoisotopic (exact) mass is 268 g/mol. The van der Waals surface area contributed by atoms with Crippen molar-refractivity contribution in [1.82, 2.24) is 4.90 Å². The van der Waals surface area contributed by atoms with E-state index in [-0.39, 0.29) is 12.0 Å². The Labute approximate surface area is 111 Å². The molecule has 0 bridgehead atoms. The summed E-state index contributed by atoms with van der Waals surface area (Å²) >= 11 is 5.80. The van der Waals surface area contributed by atoms with E-state index in [9.17, 15) is 9.90 Å². The lowest BCUT2D eigenvalue weighted by Crippen LogP contribution is -2.39. The summed E-state index contributed by atoms with van der Waals surface area (Å²) in [5, 5.41) is 9.75. The average Bonchev–Trinajstić information content (AvgIpc) is 2.26. The van der Waals surface area contributed by atoms with Crippen LogP contribution in [-0.4, -0.2) is 35.6 Å². The van der Waals surface area contributed by atoms with Crippen LogP contribution in [0, 0.1) is 5.92 Å². The van der Waals surface area contributed by atoms with E-state index >= 15 is 0 Å². The molecule has 0 aromatic heterocycles. The molecule has 1 aliphatic rings. The van der Waals surface area contributed by atoms with E-state index in [1.165, 1.54) is 0 Å². The van der Waals surface area contributed by atoms with Crippen molar-refractivity contribution in [1.29, 1.82) is 0 Å². The number of aliphatic hydroxyl groups is 1. The fraction of sp³-hybridized carbons (Fsp3) is 0.462. The highest BCUT2D eigenvalue weighted by Gasteiger charge is 2.29. The van der Waals surface area contributed by atoms with Gasteiger partial charge >= 0.3 is 0 Å². The second-order valence-corrected chi connectivity index (χ2v) is 5.34. The van der Waals surface area contributed by atoms with Crippen molar-refractivity contribution in [2.75, 3.05) is 19.3 Å². The number of amides is 1. The summed E-state index contributed by atoms with van der Waals surface area (Å²) in [6.07, 6.45) is 1.35. The van der Waals surface area contributed by atoms with Gasteiger partial charge in [-0.3, -0.25) is 4.79 Å². The molecular weight excluding hydrogens is 252 g/mol. The van der Waals surface area contributed by atoms with Gasteiger partial charge in [0.2, 0.25) is 0 Å². The third-order valence-corrected chi connectivity index (χ3v) is 3.57. The van der Waals surface area contributed by atoms with Gasteiger partial charge in [0.15, 0.2) is 0 Å². The smallest absolute Gasteiger partial charge is 0.255 e. The molecule has 5 heteroatoms. The predicted molar refractivity (Wildman–Crippen MR) is 71.6 cm³/mol. The van der Waals surface area contributed by atoms with Gasteiger partial charge in [-0.05, 0) is 37.0 Å². The van der Waals surface area contributed by atoms with Crippen LogP contribution in [0.5, 0.6) is 0 Å². The third kappa shape index (κ3) is 2.76. The minimum Gasteiger partial charge on any atom is -0.398 e. The number of halogens is 1. The summed E-state index contributed by atoms with van der Waals surface area (Å²) in [7, 11) is 1.75. The van der Waals surface area contributed by atoms with E-state index in [2.05, 4.69) is 0 Å². The van der Waals surface area contributed by atoms with Gasteiger partial charge in [0.1, 0.15) is 0 Å². The molecule has 98 valence electrons. The molecule has 0 heterocycles. The van der Waals surface area contributed by atoms with Crippen LogP contribution in [0.25, 0.3) is 0 Å². The molecule has 2 rings (SSSR count). The summed E-state index contributed by atoms with van der Waals surface area (Å²) in [6, 6.07) is 4.88. The highest BCUT2D eigenvalue weighted by atomic mass is 35.5. The molecule has 3 N–H and O–H groups in total. The van der Waals surface area contributed by atoms with Crippen LogP contribution >= 0.6 is 11.6 Å². The Hall–Kier alpha value is -1.26. The lowest BCUT2D eigenvalue weighted by atomic mass is 9.82. The molecule has 0 unspecified atom stereocenters. The number of nitrogens with two attached hydrogens (primary N) is 1. The molecular formula is C13H17ClN2O2. The van der Waals surface area contributed by atoms with Crippen LogP contribution in [-0.2, 0) is 0 Å². The molecule has 0 aliphatic heterocycles. The van der Waals surface area contributed by atoms with Crippen LogP contribution in [0.1, 0.15) is 23.2 Å². The zero-order valence-electron chi connectivity index (χ0n) is 10.3. The molecule has 0 atom stereocenters. The Morgan fingerprint density at radius 3 is 2.78 bits per heavy atom. The number of carbonyl (C=O) groups is 1. The topological polar surface area (TPSA) is 66.6 Å².